The fourth-order valence-corrected chi connectivity index (χ4v) is 3.16. The van der Waals surface area contributed by atoms with Crippen LogP contribution < -0.4 is 10.6 Å². The molecular formula is C12H13O2P. The molecule has 3 heteroatoms. The molecule has 0 spiro atoms. The van der Waals surface area contributed by atoms with E-state index in [1.807, 2.05) is 36.4 Å². The molecule has 2 rings (SSSR count). The van der Waals surface area contributed by atoms with E-state index in [4.69, 9.17) is 0 Å². The molecule has 0 unspecified atom stereocenters. The Kier molecular flexibility index (Phi) is 2.83. The van der Waals surface area contributed by atoms with Crippen LogP contribution in [0.2, 0.25) is 0 Å². The van der Waals surface area contributed by atoms with Gasteiger partial charge in [-0.3, -0.25) is 0 Å². The molecule has 2 aromatic carbocycles. The summed E-state index contributed by atoms with van der Waals surface area (Å²) in [6.45, 7) is 0. The van der Waals surface area contributed by atoms with Crippen LogP contribution in [0.4, 0.5) is 0 Å². The van der Waals surface area contributed by atoms with Crippen LogP contribution in [0.5, 0.6) is 0 Å². The Morgan fingerprint density at radius 2 is 0.933 bits per heavy atom. The van der Waals surface area contributed by atoms with Gasteiger partial charge in [0.2, 0.25) is 0 Å². The van der Waals surface area contributed by atoms with Gasteiger partial charge in [-0.15, -0.1) is 0 Å². The second-order valence-electron chi connectivity index (χ2n) is 3.40. The third kappa shape index (κ3) is 2.07. The van der Waals surface area contributed by atoms with Crippen LogP contribution in [0, 0.1) is 0 Å². The third-order valence-electron chi connectivity index (χ3n) is 2.35. The summed E-state index contributed by atoms with van der Waals surface area (Å²) < 4.78 is 0. The van der Waals surface area contributed by atoms with Crippen LogP contribution in [0.3, 0.4) is 0 Å². The molecule has 78 valence electrons. The van der Waals surface area contributed by atoms with Crippen LogP contribution >= 0.6 is 7.72 Å². The van der Waals surface area contributed by atoms with Crippen LogP contribution in [-0.2, 0) is 0 Å². The van der Waals surface area contributed by atoms with Crippen molar-refractivity contribution in [1.29, 1.82) is 0 Å². The molecule has 0 fully saturated rings. The summed E-state index contributed by atoms with van der Waals surface area (Å²) in [5.41, 5.74) is 0. The fraction of sp³-hybridized carbons (Fsp3) is 0. The van der Waals surface area contributed by atoms with Crippen molar-refractivity contribution in [1.82, 2.24) is 0 Å². The maximum atomic E-state index is 10.2. The predicted molar refractivity (Wildman–Crippen MR) is 64.9 cm³/mol. The Hall–Kier alpha value is -1.21. The zero-order valence-electron chi connectivity index (χ0n) is 8.17. The Bertz CT molecular complexity index is 384. The van der Waals surface area contributed by atoms with Gasteiger partial charge in [0, 0.05) is 0 Å². The van der Waals surface area contributed by atoms with E-state index in [2.05, 4.69) is 0 Å². The molecular weight excluding hydrogens is 207 g/mol. The number of hydrogen-bond donors (Lipinski definition) is 2. The third-order valence-corrected chi connectivity index (χ3v) is 4.63. The van der Waals surface area contributed by atoms with Crippen molar-refractivity contribution in [3.05, 3.63) is 60.7 Å². The van der Waals surface area contributed by atoms with Gasteiger partial charge in [-0.1, -0.05) is 0 Å². The van der Waals surface area contributed by atoms with Gasteiger partial charge in [0.05, 0.1) is 0 Å². The van der Waals surface area contributed by atoms with E-state index < -0.39 is 7.72 Å². The molecule has 0 heterocycles. The molecule has 0 amide bonds. The fourth-order valence-electron chi connectivity index (χ4n) is 1.51. The molecule has 0 saturated heterocycles. The Labute approximate surface area is 89.3 Å². The molecule has 0 aromatic heterocycles. The van der Waals surface area contributed by atoms with Gasteiger partial charge in [-0.05, 0) is 0 Å². The molecule has 0 atom stereocenters. The normalized spacial score (nSPS) is 12.4. The molecule has 0 aliphatic rings. The molecule has 2 N–H and O–H groups in total. The number of hydrogen-bond acceptors (Lipinski definition) is 2. The van der Waals surface area contributed by atoms with Crippen LogP contribution in [0.25, 0.3) is 0 Å². The number of benzene rings is 2. The van der Waals surface area contributed by atoms with Crippen LogP contribution in [-0.4, -0.2) is 9.79 Å². The van der Waals surface area contributed by atoms with Crippen molar-refractivity contribution in [2.45, 2.75) is 0 Å². The van der Waals surface area contributed by atoms with E-state index in [0.717, 1.165) is 0 Å². The van der Waals surface area contributed by atoms with Crippen molar-refractivity contribution < 1.29 is 9.79 Å². The second kappa shape index (κ2) is 4.11. The Balaban J connectivity index is 2.44. The summed E-state index contributed by atoms with van der Waals surface area (Å²) in [5, 5.41) is 1.22. The van der Waals surface area contributed by atoms with E-state index >= 15 is 0 Å². The van der Waals surface area contributed by atoms with E-state index in [1.165, 1.54) is 0 Å². The van der Waals surface area contributed by atoms with Crippen molar-refractivity contribution >= 4 is 18.3 Å². The minimum atomic E-state index is -3.46. The zero-order chi connectivity index (χ0) is 10.7. The van der Waals surface area contributed by atoms with Crippen molar-refractivity contribution in [2.24, 2.45) is 0 Å². The zero-order valence-corrected chi connectivity index (χ0v) is 9.17. The first-order valence-electron chi connectivity index (χ1n) is 4.77. The summed E-state index contributed by atoms with van der Waals surface area (Å²) in [4.78, 5) is 20.3. The average Bonchev–Trinajstić information content (AvgIpc) is 2.31. The van der Waals surface area contributed by atoms with Gasteiger partial charge in [0.15, 0.2) is 0 Å². The summed E-state index contributed by atoms with van der Waals surface area (Å²) in [7, 11) is -3.46. The van der Waals surface area contributed by atoms with Gasteiger partial charge < -0.3 is 0 Å². The average molecular weight is 220 g/mol. The molecule has 0 aliphatic heterocycles. The second-order valence-corrected chi connectivity index (χ2v) is 5.90. The first kappa shape index (κ1) is 10.3. The molecule has 0 saturated carbocycles. The molecule has 2 aromatic rings. The maximum absolute atomic E-state index is 10.2. The van der Waals surface area contributed by atoms with Gasteiger partial charge in [0.1, 0.15) is 0 Å². The first-order chi connectivity index (χ1) is 7.21. The van der Waals surface area contributed by atoms with Gasteiger partial charge in [-0.25, -0.2) is 0 Å². The topological polar surface area (TPSA) is 40.5 Å². The Morgan fingerprint density at radius 3 is 1.27 bits per heavy atom. The standard InChI is InChI=1S/C12H13O2P/c13-15(14,11-7-3-1-4-8-11)12-9-5-2-6-10-12/h1-10,13-15H. The Morgan fingerprint density at radius 1 is 0.600 bits per heavy atom. The summed E-state index contributed by atoms with van der Waals surface area (Å²) in [6.07, 6.45) is 0. The molecule has 2 nitrogen and oxygen atoms in total. The van der Waals surface area contributed by atoms with E-state index in [0.29, 0.717) is 10.6 Å². The first-order valence-corrected chi connectivity index (χ1v) is 6.66. The molecule has 0 bridgehead atoms. The van der Waals surface area contributed by atoms with Crippen LogP contribution in [0.1, 0.15) is 0 Å². The van der Waals surface area contributed by atoms with Gasteiger partial charge in [-0.2, -0.15) is 0 Å². The minimum absolute atomic E-state index is 0.608. The van der Waals surface area contributed by atoms with Gasteiger partial charge >= 0.3 is 88.8 Å². The predicted octanol–water partition coefficient (Wildman–Crippen LogP) is 1.20. The molecule has 0 aliphatic carbocycles. The molecule has 15 heavy (non-hydrogen) atoms. The summed E-state index contributed by atoms with van der Waals surface area (Å²) >= 11 is 0. The summed E-state index contributed by atoms with van der Waals surface area (Å²) in [6, 6.07) is 18.0. The SMILES string of the molecule is O[PH](O)(c1ccccc1)c1ccccc1. The van der Waals surface area contributed by atoms with E-state index in [9.17, 15) is 9.79 Å². The van der Waals surface area contributed by atoms with Crippen molar-refractivity contribution in [3.63, 3.8) is 0 Å². The molecule has 0 radical (unpaired) electrons. The van der Waals surface area contributed by atoms with E-state index in [-0.39, 0.29) is 0 Å². The quantitative estimate of drug-likeness (QED) is 0.747. The van der Waals surface area contributed by atoms with E-state index in [1.54, 1.807) is 24.3 Å². The van der Waals surface area contributed by atoms with Crippen LogP contribution in [0.15, 0.2) is 60.7 Å². The number of rotatable bonds is 2. The van der Waals surface area contributed by atoms with Gasteiger partial charge in [0.25, 0.3) is 0 Å². The van der Waals surface area contributed by atoms with Crippen molar-refractivity contribution in [3.8, 4) is 0 Å². The monoisotopic (exact) mass is 220 g/mol. The summed E-state index contributed by atoms with van der Waals surface area (Å²) in [5.74, 6) is 0. The van der Waals surface area contributed by atoms with Crippen molar-refractivity contribution in [2.75, 3.05) is 0 Å².